The molecule has 2 aromatic carbocycles. The van der Waals surface area contributed by atoms with Crippen molar-refractivity contribution in [3.05, 3.63) is 68.8 Å². The fourth-order valence-electron chi connectivity index (χ4n) is 3.97. The maximum absolute atomic E-state index is 13.6. The number of Topliss-reactive ketones (excluding diaryl/α,β-unsaturated/α-hetero) is 2. The molecule has 0 N–H and O–H groups in total. The molecule has 0 aliphatic heterocycles. The second-order valence-electron chi connectivity index (χ2n) is 9.33. The van der Waals surface area contributed by atoms with Gasteiger partial charge in [0, 0.05) is 11.1 Å². The molecule has 3 nitrogen and oxygen atoms in total. The van der Waals surface area contributed by atoms with E-state index >= 15 is 0 Å². The van der Waals surface area contributed by atoms with E-state index in [0.717, 1.165) is 33.4 Å². The van der Waals surface area contributed by atoms with E-state index in [4.69, 9.17) is 0 Å². The average molecular weight is 410 g/mol. The number of rotatable bonds is 5. The van der Waals surface area contributed by atoms with Crippen molar-refractivity contribution in [3.63, 3.8) is 0 Å². The number of hydrogen-bond donors (Lipinski definition) is 0. The summed E-state index contributed by atoms with van der Waals surface area (Å²) in [6.07, 6.45) is 0. The van der Waals surface area contributed by atoms with Crippen molar-refractivity contribution in [1.29, 1.82) is 0 Å². The summed E-state index contributed by atoms with van der Waals surface area (Å²) in [5.41, 5.74) is 6.30. The summed E-state index contributed by atoms with van der Waals surface area (Å²) in [6.45, 7) is 17.3. The smallest absolute Gasteiger partial charge is 0.188 e. The summed E-state index contributed by atoms with van der Waals surface area (Å²) in [5.74, 6) is -0.790. The molecule has 0 aliphatic carbocycles. The molecule has 4 heteroatoms. The second kappa shape index (κ2) is 7.95. The highest BCUT2D eigenvalue weighted by Gasteiger charge is 2.45. The predicted molar refractivity (Wildman–Crippen MR) is 120 cm³/mol. The van der Waals surface area contributed by atoms with E-state index in [1.165, 1.54) is 6.92 Å². The maximum Gasteiger partial charge on any atom is 0.188 e. The third-order valence-corrected chi connectivity index (χ3v) is 6.37. The first-order chi connectivity index (χ1) is 13.2. The monoisotopic (exact) mass is 410 g/mol. The largest absolute Gasteiger partial charge is 0.292 e. The molecule has 0 aliphatic rings. The Morgan fingerprint density at radius 2 is 1.03 bits per heavy atom. The van der Waals surface area contributed by atoms with Gasteiger partial charge in [-0.15, -0.1) is 0 Å². The van der Waals surface area contributed by atoms with Gasteiger partial charge in [0.15, 0.2) is 25.2 Å². The summed E-state index contributed by atoms with van der Waals surface area (Å²) in [7, 11) is -0.494. The number of carbonyl (C=O) groups is 2. The molecule has 0 aromatic heterocycles. The average Bonchev–Trinajstić information content (AvgIpc) is 2.58. The van der Waals surface area contributed by atoms with Gasteiger partial charge >= 0.3 is 0 Å². The molecule has 0 amide bonds. The summed E-state index contributed by atoms with van der Waals surface area (Å²) < 4.78 is 12.3. The van der Waals surface area contributed by atoms with E-state index in [-0.39, 0.29) is 5.41 Å². The molecule has 0 bridgehead atoms. The van der Waals surface area contributed by atoms with Gasteiger partial charge in [-0.25, -0.2) is 0 Å². The first-order valence-corrected chi connectivity index (χ1v) is 10.7. The van der Waals surface area contributed by atoms with E-state index in [9.17, 15) is 14.2 Å². The fraction of sp³-hybridized carbons (Fsp3) is 0.440. The lowest BCUT2D eigenvalue weighted by Crippen LogP contribution is -2.40. The van der Waals surface area contributed by atoms with Crippen LogP contribution in [0.2, 0.25) is 0 Å². The lowest BCUT2D eigenvalue weighted by molar-refractivity contribution is 0.0843. The van der Waals surface area contributed by atoms with Crippen LogP contribution >= 0.6 is 8.46 Å². The highest BCUT2D eigenvalue weighted by Crippen LogP contribution is 2.36. The molecule has 0 spiro atoms. The quantitative estimate of drug-likeness (QED) is 0.315. The molecular weight excluding hydrogens is 379 g/mol. The molecule has 0 saturated carbocycles. The molecule has 0 heterocycles. The highest BCUT2D eigenvalue weighted by molar-refractivity contribution is 7.30. The Morgan fingerprint density at radius 3 is 1.34 bits per heavy atom. The van der Waals surface area contributed by atoms with Crippen LogP contribution in [0.4, 0.5) is 0 Å². The Bertz CT molecular complexity index is 965. The van der Waals surface area contributed by atoms with Crippen molar-refractivity contribution < 1.29 is 14.2 Å². The van der Waals surface area contributed by atoms with Crippen molar-refractivity contribution >= 4 is 20.0 Å². The van der Waals surface area contributed by atoms with Gasteiger partial charge in [0.05, 0.1) is 0 Å². The lowest BCUT2D eigenvalue weighted by atomic mass is 9.80. The first kappa shape index (κ1) is 23.2. The van der Waals surface area contributed by atoms with Crippen LogP contribution in [0, 0.1) is 34.6 Å². The topological polar surface area (TPSA) is 51.2 Å². The van der Waals surface area contributed by atoms with Crippen LogP contribution in [0.25, 0.3) is 0 Å². The SMILES string of the molecule is Cc1cc(C)c(C(=O)C(C)(P=O)C(=O)c2c(C)cc(C(C)(C)C)cc2C)c(C)c1. The van der Waals surface area contributed by atoms with Crippen LogP contribution in [0.15, 0.2) is 24.3 Å². The molecule has 0 radical (unpaired) electrons. The normalized spacial score (nSPS) is 14.0. The molecular formula is C25H31O3P. The van der Waals surface area contributed by atoms with Gasteiger partial charge in [-0.3, -0.25) is 14.2 Å². The van der Waals surface area contributed by atoms with Gasteiger partial charge in [-0.05, 0) is 74.8 Å². The van der Waals surface area contributed by atoms with Crippen LogP contribution in [0.5, 0.6) is 0 Å². The zero-order valence-electron chi connectivity index (χ0n) is 19.0. The van der Waals surface area contributed by atoms with Crippen LogP contribution in [-0.2, 0) is 9.98 Å². The van der Waals surface area contributed by atoms with Crippen molar-refractivity contribution in [2.24, 2.45) is 0 Å². The molecule has 29 heavy (non-hydrogen) atoms. The van der Waals surface area contributed by atoms with Gasteiger partial charge in [-0.1, -0.05) is 50.6 Å². The first-order valence-electron chi connectivity index (χ1n) is 9.87. The van der Waals surface area contributed by atoms with Gasteiger partial charge in [0.25, 0.3) is 0 Å². The Kier molecular flexibility index (Phi) is 6.35. The molecule has 2 aromatic rings. The van der Waals surface area contributed by atoms with E-state index in [2.05, 4.69) is 20.8 Å². The molecule has 0 saturated heterocycles. The Hall–Kier alpha value is -2.12. The summed E-state index contributed by atoms with van der Waals surface area (Å²) in [6, 6.07) is 7.83. The van der Waals surface area contributed by atoms with Gasteiger partial charge in [0.2, 0.25) is 0 Å². The summed E-state index contributed by atoms with van der Waals surface area (Å²) in [4.78, 5) is 27.1. The maximum atomic E-state index is 13.6. The summed E-state index contributed by atoms with van der Waals surface area (Å²) >= 11 is 0. The van der Waals surface area contributed by atoms with E-state index in [1.54, 1.807) is 0 Å². The number of ketones is 2. The number of hydrogen-bond acceptors (Lipinski definition) is 3. The Labute approximate surface area is 176 Å². The van der Waals surface area contributed by atoms with Gasteiger partial charge in [-0.2, -0.15) is 0 Å². The number of benzene rings is 2. The van der Waals surface area contributed by atoms with Crippen molar-refractivity contribution in [3.8, 4) is 0 Å². The fourth-order valence-corrected chi connectivity index (χ4v) is 4.36. The van der Waals surface area contributed by atoms with Crippen molar-refractivity contribution in [1.82, 2.24) is 0 Å². The third kappa shape index (κ3) is 4.26. The highest BCUT2D eigenvalue weighted by atomic mass is 31.1. The Morgan fingerprint density at radius 1 is 0.690 bits per heavy atom. The molecule has 1 unspecified atom stereocenters. The molecule has 154 valence electrons. The van der Waals surface area contributed by atoms with Crippen molar-refractivity contribution in [2.75, 3.05) is 0 Å². The number of carbonyl (C=O) groups excluding carboxylic acids is 2. The van der Waals surface area contributed by atoms with Gasteiger partial charge < -0.3 is 0 Å². The predicted octanol–water partition coefficient (Wildman–Crippen LogP) is 6.64. The van der Waals surface area contributed by atoms with Crippen LogP contribution < -0.4 is 0 Å². The van der Waals surface area contributed by atoms with Crippen molar-refractivity contribution in [2.45, 2.75) is 72.9 Å². The minimum absolute atomic E-state index is 0.0525. The lowest BCUT2D eigenvalue weighted by Gasteiger charge is -2.26. The third-order valence-electron chi connectivity index (χ3n) is 5.60. The van der Waals surface area contributed by atoms with Crippen LogP contribution in [0.3, 0.4) is 0 Å². The molecule has 1 atom stereocenters. The zero-order chi connectivity index (χ0) is 22.3. The minimum Gasteiger partial charge on any atom is -0.292 e. The van der Waals surface area contributed by atoms with E-state index < -0.39 is 25.2 Å². The molecule has 0 fully saturated rings. The Balaban J connectivity index is 2.64. The summed E-state index contributed by atoms with van der Waals surface area (Å²) in [5, 5.41) is -1.66. The zero-order valence-corrected chi connectivity index (χ0v) is 19.9. The standard InChI is InChI=1S/C25H31O3P/c1-14-10-15(2)20(16(3)11-14)22(26)25(9,29-28)23(27)21-17(4)12-19(13-18(21)5)24(6,7)8/h10-13H,1-9H3. The second-order valence-corrected chi connectivity index (χ2v) is 10.4. The van der Waals surface area contributed by atoms with Crippen LogP contribution in [0.1, 0.15) is 81.8 Å². The van der Waals surface area contributed by atoms with E-state index in [0.29, 0.717) is 11.1 Å². The minimum atomic E-state index is -1.66. The van der Waals surface area contributed by atoms with Gasteiger partial charge in [0.1, 0.15) is 0 Å². The van der Waals surface area contributed by atoms with E-state index in [1.807, 2.05) is 58.9 Å². The number of aryl methyl sites for hydroxylation is 5. The van der Waals surface area contributed by atoms with Crippen LogP contribution in [-0.4, -0.2) is 16.7 Å². The molecule has 2 rings (SSSR count).